The number of hydrogen-bond donors (Lipinski definition) is 1. The third-order valence-corrected chi connectivity index (χ3v) is 4.50. The van der Waals surface area contributed by atoms with Crippen molar-refractivity contribution in [2.24, 2.45) is 5.92 Å². The monoisotopic (exact) mass is 265 g/mol. The van der Waals surface area contributed by atoms with E-state index in [1.54, 1.807) is 0 Å². The van der Waals surface area contributed by atoms with Gasteiger partial charge in [-0.2, -0.15) is 0 Å². The summed E-state index contributed by atoms with van der Waals surface area (Å²) >= 11 is 5.95. The van der Waals surface area contributed by atoms with E-state index in [-0.39, 0.29) is 0 Å². The van der Waals surface area contributed by atoms with Crippen LogP contribution in [0.5, 0.6) is 0 Å². The summed E-state index contributed by atoms with van der Waals surface area (Å²) in [5.41, 5.74) is 1.35. The summed E-state index contributed by atoms with van der Waals surface area (Å²) in [6, 6.07) is 9.34. The van der Waals surface area contributed by atoms with Crippen molar-refractivity contribution < 1.29 is 0 Å². The van der Waals surface area contributed by atoms with Gasteiger partial charge in [0.15, 0.2) is 0 Å². The van der Waals surface area contributed by atoms with Gasteiger partial charge >= 0.3 is 0 Å². The van der Waals surface area contributed by atoms with Gasteiger partial charge in [0.2, 0.25) is 0 Å². The zero-order chi connectivity index (χ0) is 13.0. The van der Waals surface area contributed by atoms with Crippen LogP contribution in [0, 0.1) is 5.92 Å². The summed E-state index contributed by atoms with van der Waals surface area (Å²) in [5.74, 6) is 0.867. The van der Waals surface area contributed by atoms with Gasteiger partial charge in [-0.15, -0.1) is 0 Å². The molecule has 0 bridgehead atoms. The van der Waals surface area contributed by atoms with Crippen LogP contribution >= 0.6 is 11.6 Å². The molecule has 1 aliphatic carbocycles. The number of nitrogens with one attached hydrogen (secondary N) is 1. The zero-order valence-electron chi connectivity index (χ0n) is 11.5. The normalized spacial score (nSPS) is 19.9. The lowest BCUT2D eigenvalue weighted by atomic mass is 9.96. The van der Waals surface area contributed by atoms with Crippen LogP contribution in [0.3, 0.4) is 0 Å². The predicted octanol–water partition coefficient (Wildman–Crippen LogP) is 4.96. The average Bonchev–Trinajstić information content (AvgIpc) is 2.91. The highest BCUT2D eigenvalue weighted by molar-refractivity contribution is 6.30. The summed E-state index contributed by atoms with van der Waals surface area (Å²) < 4.78 is 0. The van der Waals surface area contributed by atoms with Crippen LogP contribution in [0.4, 0.5) is 0 Å². The molecule has 1 aromatic carbocycles. The van der Waals surface area contributed by atoms with E-state index in [1.807, 2.05) is 12.1 Å². The average molecular weight is 266 g/mol. The van der Waals surface area contributed by atoms with Gasteiger partial charge in [0.05, 0.1) is 0 Å². The van der Waals surface area contributed by atoms with Crippen LogP contribution in [0.15, 0.2) is 24.3 Å². The van der Waals surface area contributed by atoms with Crippen molar-refractivity contribution in [2.45, 2.75) is 58.0 Å². The van der Waals surface area contributed by atoms with Gasteiger partial charge in [-0.3, -0.25) is 0 Å². The van der Waals surface area contributed by atoms with Crippen LogP contribution in [-0.4, -0.2) is 6.04 Å². The Balaban J connectivity index is 1.97. The summed E-state index contributed by atoms with van der Waals surface area (Å²) in [6.45, 7) is 4.59. The Morgan fingerprint density at radius 2 is 1.83 bits per heavy atom. The molecule has 2 heteroatoms. The fraction of sp³-hybridized carbons (Fsp3) is 0.625. The van der Waals surface area contributed by atoms with Gasteiger partial charge in [0.25, 0.3) is 0 Å². The van der Waals surface area contributed by atoms with Gasteiger partial charge in [0, 0.05) is 17.1 Å². The topological polar surface area (TPSA) is 12.0 Å². The molecule has 100 valence electrons. The third-order valence-electron chi connectivity index (χ3n) is 4.25. The molecule has 1 N–H and O–H groups in total. The van der Waals surface area contributed by atoms with Crippen LogP contribution in [-0.2, 0) is 0 Å². The molecule has 0 aromatic heterocycles. The molecule has 2 atom stereocenters. The van der Waals surface area contributed by atoms with Gasteiger partial charge in [-0.25, -0.2) is 0 Å². The standard InChI is InChI=1S/C16H24ClN/c1-3-16(14-8-10-15(17)11-9-14)18-12(2)13-6-4-5-7-13/h8-13,16,18H,3-7H2,1-2H3/t12-,16?/m1/s1. The molecule has 1 nitrogen and oxygen atoms in total. The first-order valence-corrected chi connectivity index (χ1v) is 7.60. The lowest BCUT2D eigenvalue weighted by Crippen LogP contribution is -2.35. The largest absolute Gasteiger partial charge is 0.307 e. The van der Waals surface area contributed by atoms with Crippen molar-refractivity contribution in [1.29, 1.82) is 0 Å². The summed E-state index contributed by atoms with van der Waals surface area (Å²) in [6.07, 6.45) is 6.73. The van der Waals surface area contributed by atoms with Crippen molar-refractivity contribution >= 4 is 11.6 Å². The molecule has 0 aliphatic heterocycles. The highest BCUT2D eigenvalue weighted by Crippen LogP contribution is 2.29. The first-order valence-electron chi connectivity index (χ1n) is 7.22. The first-order chi connectivity index (χ1) is 8.70. The van der Waals surface area contributed by atoms with E-state index in [4.69, 9.17) is 11.6 Å². The van der Waals surface area contributed by atoms with Crippen LogP contribution in [0.2, 0.25) is 5.02 Å². The van der Waals surface area contributed by atoms with E-state index in [9.17, 15) is 0 Å². The molecule has 1 unspecified atom stereocenters. The molecule has 1 aliphatic rings. The van der Waals surface area contributed by atoms with E-state index < -0.39 is 0 Å². The quantitative estimate of drug-likeness (QED) is 0.793. The molecule has 0 radical (unpaired) electrons. The predicted molar refractivity (Wildman–Crippen MR) is 79.0 cm³/mol. The van der Waals surface area contributed by atoms with Gasteiger partial charge in [-0.05, 0) is 49.8 Å². The highest BCUT2D eigenvalue weighted by Gasteiger charge is 2.23. The Kier molecular flexibility index (Phi) is 5.08. The van der Waals surface area contributed by atoms with E-state index >= 15 is 0 Å². The van der Waals surface area contributed by atoms with E-state index in [0.29, 0.717) is 12.1 Å². The van der Waals surface area contributed by atoms with E-state index in [1.165, 1.54) is 31.2 Å². The van der Waals surface area contributed by atoms with Crippen molar-refractivity contribution in [2.75, 3.05) is 0 Å². The molecule has 1 fully saturated rings. The molecule has 0 spiro atoms. The minimum Gasteiger partial charge on any atom is -0.307 e. The molecule has 1 aromatic rings. The van der Waals surface area contributed by atoms with Crippen molar-refractivity contribution in [1.82, 2.24) is 5.32 Å². The van der Waals surface area contributed by atoms with Crippen molar-refractivity contribution in [3.63, 3.8) is 0 Å². The smallest absolute Gasteiger partial charge is 0.0406 e. The summed E-state index contributed by atoms with van der Waals surface area (Å²) in [5, 5.41) is 4.62. The first kappa shape index (κ1) is 13.9. The maximum absolute atomic E-state index is 5.95. The highest BCUT2D eigenvalue weighted by atomic mass is 35.5. The van der Waals surface area contributed by atoms with Gasteiger partial charge in [-0.1, -0.05) is 43.5 Å². The maximum Gasteiger partial charge on any atom is 0.0406 e. The Labute approximate surface area is 116 Å². The maximum atomic E-state index is 5.95. The van der Waals surface area contributed by atoms with Crippen LogP contribution in [0.25, 0.3) is 0 Å². The molecule has 0 amide bonds. The Morgan fingerprint density at radius 1 is 1.22 bits per heavy atom. The molecule has 18 heavy (non-hydrogen) atoms. The second-order valence-electron chi connectivity index (χ2n) is 5.51. The number of rotatable bonds is 5. The lowest BCUT2D eigenvalue weighted by Gasteiger charge is -2.27. The fourth-order valence-corrected chi connectivity index (χ4v) is 3.18. The lowest BCUT2D eigenvalue weighted by molar-refractivity contribution is 0.339. The zero-order valence-corrected chi connectivity index (χ0v) is 12.2. The number of benzene rings is 1. The van der Waals surface area contributed by atoms with Crippen LogP contribution < -0.4 is 5.32 Å². The van der Waals surface area contributed by atoms with Gasteiger partial charge < -0.3 is 5.32 Å². The molecule has 2 rings (SSSR count). The SMILES string of the molecule is CCC(N[C@H](C)C1CCCC1)c1ccc(Cl)cc1. The molecular weight excluding hydrogens is 242 g/mol. The fourth-order valence-electron chi connectivity index (χ4n) is 3.06. The third kappa shape index (κ3) is 3.49. The van der Waals surface area contributed by atoms with E-state index in [2.05, 4.69) is 31.3 Å². The minimum atomic E-state index is 0.456. The van der Waals surface area contributed by atoms with Gasteiger partial charge in [0.1, 0.15) is 0 Å². The Morgan fingerprint density at radius 3 is 2.39 bits per heavy atom. The van der Waals surface area contributed by atoms with Crippen molar-refractivity contribution in [3.8, 4) is 0 Å². The van der Waals surface area contributed by atoms with Crippen LogP contribution in [0.1, 0.15) is 57.6 Å². The molecule has 0 saturated heterocycles. The summed E-state index contributed by atoms with van der Waals surface area (Å²) in [7, 11) is 0. The molecule has 1 saturated carbocycles. The van der Waals surface area contributed by atoms with Crippen molar-refractivity contribution in [3.05, 3.63) is 34.9 Å². The number of halogens is 1. The number of hydrogen-bond acceptors (Lipinski definition) is 1. The Hall–Kier alpha value is -0.530. The molecular formula is C16H24ClN. The second kappa shape index (κ2) is 6.58. The molecule has 0 heterocycles. The summed E-state index contributed by atoms with van der Waals surface area (Å²) in [4.78, 5) is 0. The Bertz CT molecular complexity index is 354. The minimum absolute atomic E-state index is 0.456. The van der Waals surface area contributed by atoms with E-state index in [0.717, 1.165) is 17.4 Å². The second-order valence-corrected chi connectivity index (χ2v) is 5.95.